The van der Waals surface area contributed by atoms with Crippen molar-refractivity contribution in [1.82, 2.24) is 25.8 Å². The van der Waals surface area contributed by atoms with E-state index >= 15 is 0 Å². The van der Waals surface area contributed by atoms with Crippen molar-refractivity contribution in [3.8, 4) is 11.1 Å². The van der Waals surface area contributed by atoms with Gasteiger partial charge in [-0.3, -0.25) is 14.6 Å². The Morgan fingerprint density at radius 3 is 2.29 bits per heavy atom. The summed E-state index contributed by atoms with van der Waals surface area (Å²) in [4.78, 5) is 49.6. The summed E-state index contributed by atoms with van der Waals surface area (Å²) in [6, 6.07) is 14.6. The third-order valence-corrected chi connectivity index (χ3v) is 5.58. The summed E-state index contributed by atoms with van der Waals surface area (Å²) in [5, 5.41) is 19.8. The smallest absolute Gasteiger partial charge is 0.407 e. The van der Waals surface area contributed by atoms with Gasteiger partial charge in [0, 0.05) is 12.3 Å². The quantitative estimate of drug-likeness (QED) is 0.319. The van der Waals surface area contributed by atoms with Gasteiger partial charge in [0.2, 0.25) is 5.91 Å². The number of hydrogen-bond donors (Lipinski definition) is 5. The van der Waals surface area contributed by atoms with Crippen LogP contribution in [-0.2, 0) is 20.9 Å². The fraction of sp³-hybridized carbons (Fsp3) is 0.261. The minimum absolute atomic E-state index is 0.0572. The number of nitrogens with one attached hydrogen (secondary N) is 4. The Morgan fingerprint density at radius 1 is 1.06 bits per heavy atom. The molecule has 0 spiro atoms. The highest BCUT2D eigenvalue weighted by Crippen LogP contribution is 2.44. The summed E-state index contributed by atoms with van der Waals surface area (Å²) in [6.07, 6.45) is -1.30. The molecule has 1 atom stereocenters. The Kier molecular flexibility index (Phi) is 6.72. The zero-order valence-corrected chi connectivity index (χ0v) is 18.0. The first-order chi connectivity index (χ1) is 16.4. The van der Waals surface area contributed by atoms with E-state index in [-0.39, 0.29) is 37.7 Å². The first kappa shape index (κ1) is 22.8. The number of carbonyl (C=O) groups is 3. The van der Waals surface area contributed by atoms with E-state index in [1.807, 2.05) is 48.5 Å². The number of amides is 2. The summed E-state index contributed by atoms with van der Waals surface area (Å²) in [5.41, 5.74) is 3.74. The van der Waals surface area contributed by atoms with Crippen LogP contribution < -0.4 is 16.3 Å². The Morgan fingerprint density at radius 2 is 1.71 bits per heavy atom. The number of fused-ring (bicyclic) bond motifs is 3. The number of H-pyrrole nitrogens is 2. The number of hydrogen-bond acceptors (Lipinski definition) is 6. The Balaban J connectivity index is 1.39. The van der Waals surface area contributed by atoms with Gasteiger partial charge in [-0.1, -0.05) is 48.5 Å². The van der Waals surface area contributed by atoms with Gasteiger partial charge in [-0.25, -0.2) is 14.7 Å². The predicted octanol–water partition coefficient (Wildman–Crippen LogP) is 1.49. The molecule has 1 heterocycles. The SMILES string of the molecule is O=C(O)CCC(NC(=O)OCC1c2ccccc2-c2ccccc21)C(=O)NCc1n[nH]c(=O)[nH]1. The van der Waals surface area contributed by atoms with E-state index < -0.39 is 29.7 Å². The van der Waals surface area contributed by atoms with Gasteiger partial charge in [-0.2, -0.15) is 5.10 Å². The standard InChI is InChI=1S/C23H23N5O6/c29-20(30)10-9-18(21(31)24-11-19-26-22(32)28-27-19)25-23(33)34-12-17-15-7-3-1-5-13(15)14-6-2-4-8-16(14)17/h1-8,17-18H,9-12H2,(H,24,31)(H,25,33)(H,29,30)(H2,26,27,28,32). The molecule has 176 valence electrons. The van der Waals surface area contributed by atoms with Gasteiger partial charge >= 0.3 is 17.8 Å². The number of carbonyl (C=O) groups excluding carboxylic acids is 2. The maximum Gasteiger partial charge on any atom is 0.407 e. The average molecular weight is 465 g/mol. The van der Waals surface area contributed by atoms with Gasteiger partial charge in [-0.05, 0) is 28.7 Å². The minimum Gasteiger partial charge on any atom is -0.481 e. The summed E-state index contributed by atoms with van der Waals surface area (Å²) in [7, 11) is 0. The molecule has 0 radical (unpaired) electrons. The molecule has 1 aromatic heterocycles. The van der Waals surface area contributed by atoms with Crippen LogP contribution in [0.15, 0.2) is 53.3 Å². The lowest BCUT2D eigenvalue weighted by Gasteiger charge is -2.19. The van der Waals surface area contributed by atoms with E-state index in [0.29, 0.717) is 0 Å². The second-order valence-electron chi connectivity index (χ2n) is 7.80. The first-order valence-corrected chi connectivity index (χ1v) is 10.7. The topological polar surface area (TPSA) is 166 Å². The number of aromatic nitrogens is 3. The third-order valence-electron chi connectivity index (χ3n) is 5.58. The molecule has 1 aliphatic carbocycles. The van der Waals surface area contributed by atoms with Crippen LogP contribution in [0, 0.1) is 0 Å². The molecule has 5 N–H and O–H groups in total. The fourth-order valence-corrected chi connectivity index (χ4v) is 4.00. The molecule has 4 rings (SSSR count). The van der Waals surface area contributed by atoms with Crippen LogP contribution in [0.25, 0.3) is 11.1 Å². The van der Waals surface area contributed by atoms with Crippen LogP contribution in [0.4, 0.5) is 4.79 Å². The minimum atomic E-state index is -1.14. The molecular weight excluding hydrogens is 442 g/mol. The van der Waals surface area contributed by atoms with Crippen molar-refractivity contribution in [1.29, 1.82) is 0 Å². The number of aliphatic carboxylic acids is 1. The van der Waals surface area contributed by atoms with Gasteiger partial charge < -0.3 is 20.5 Å². The van der Waals surface area contributed by atoms with Crippen LogP contribution >= 0.6 is 0 Å². The number of aromatic amines is 2. The highest BCUT2D eigenvalue weighted by Gasteiger charge is 2.30. The number of nitrogens with zero attached hydrogens (tertiary/aromatic N) is 1. The zero-order valence-electron chi connectivity index (χ0n) is 18.0. The van der Waals surface area contributed by atoms with E-state index in [9.17, 15) is 19.2 Å². The molecule has 0 aliphatic heterocycles. The van der Waals surface area contributed by atoms with E-state index in [2.05, 4.69) is 25.8 Å². The van der Waals surface area contributed by atoms with E-state index in [1.165, 1.54) is 0 Å². The lowest BCUT2D eigenvalue weighted by atomic mass is 9.98. The lowest BCUT2D eigenvalue weighted by molar-refractivity contribution is -0.137. The van der Waals surface area contributed by atoms with Gasteiger partial charge in [0.25, 0.3) is 0 Å². The maximum atomic E-state index is 12.6. The molecule has 34 heavy (non-hydrogen) atoms. The van der Waals surface area contributed by atoms with E-state index in [4.69, 9.17) is 9.84 Å². The largest absolute Gasteiger partial charge is 0.481 e. The average Bonchev–Trinajstić information content (AvgIpc) is 3.39. The second kappa shape index (κ2) is 10.0. The van der Waals surface area contributed by atoms with Crippen molar-refractivity contribution < 1.29 is 24.2 Å². The summed E-state index contributed by atoms with van der Waals surface area (Å²) >= 11 is 0. The molecule has 11 nitrogen and oxygen atoms in total. The number of benzene rings is 2. The summed E-state index contributed by atoms with van der Waals surface area (Å²) < 4.78 is 5.45. The van der Waals surface area contributed by atoms with Crippen molar-refractivity contribution in [2.45, 2.75) is 31.3 Å². The Hall–Kier alpha value is -4.41. The molecule has 11 heteroatoms. The van der Waals surface area contributed by atoms with Gasteiger partial charge in [0.05, 0.1) is 6.54 Å². The van der Waals surface area contributed by atoms with Crippen molar-refractivity contribution in [3.63, 3.8) is 0 Å². The Labute approximate surface area is 193 Å². The molecule has 1 unspecified atom stereocenters. The summed E-state index contributed by atoms with van der Waals surface area (Å²) in [5.74, 6) is -1.69. The molecule has 0 bridgehead atoms. The summed E-state index contributed by atoms with van der Waals surface area (Å²) in [6.45, 7) is -0.0465. The van der Waals surface area contributed by atoms with Crippen LogP contribution in [0.2, 0.25) is 0 Å². The van der Waals surface area contributed by atoms with Crippen LogP contribution in [0.1, 0.15) is 35.7 Å². The highest BCUT2D eigenvalue weighted by atomic mass is 16.5. The van der Waals surface area contributed by atoms with Crippen LogP contribution in [-0.4, -0.2) is 50.9 Å². The van der Waals surface area contributed by atoms with Crippen molar-refractivity contribution in [2.75, 3.05) is 6.61 Å². The number of carboxylic acids is 1. The first-order valence-electron chi connectivity index (χ1n) is 10.7. The van der Waals surface area contributed by atoms with E-state index in [1.54, 1.807) is 0 Å². The highest BCUT2D eigenvalue weighted by molar-refractivity contribution is 5.86. The monoisotopic (exact) mass is 465 g/mol. The van der Waals surface area contributed by atoms with Crippen LogP contribution in [0.5, 0.6) is 0 Å². The van der Waals surface area contributed by atoms with Gasteiger partial charge in [0.15, 0.2) is 0 Å². The normalized spacial score (nSPS) is 12.9. The second-order valence-corrected chi connectivity index (χ2v) is 7.80. The van der Waals surface area contributed by atoms with Gasteiger partial charge in [0.1, 0.15) is 18.5 Å². The third kappa shape index (κ3) is 5.14. The molecule has 0 fully saturated rings. The fourth-order valence-electron chi connectivity index (χ4n) is 4.00. The zero-order chi connectivity index (χ0) is 24.1. The van der Waals surface area contributed by atoms with Crippen LogP contribution in [0.3, 0.4) is 0 Å². The van der Waals surface area contributed by atoms with Crippen molar-refractivity contribution in [3.05, 3.63) is 76.0 Å². The Bertz CT molecular complexity index is 1220. The van der Waals surface area contributed by atoms with E-state index in [0.717, 1.165) is 22.3 Å². The van der Waals surface area contributed by atoms with Crippen molar-refractivity contribution >= 4 is 18.0 Å². The molecule has 3 aromatic rings. The number of carboxylic acid groups (broad SMARTS) is 1. The molecule has 0 saturated carbocycles. The molecule has 2 amide bonds. The maximum absolute atomic E-state index is 12.6. The number of ether oxygens (including phenoxy) is 1. The molecule has 2 aromatic carbocycles. The number of rotatable bonds is 9. The molecule has 0 saturated heterocycles. The predicted molar refractivity (Wildman–Crippen MR) is 120 cm³/mol. The van der Waals surface area contributed by atoms with Crippen molar-refractivity contribution in [2.24, 2.45) is 0 Å². The van der Waals surface area contributed by atoms with Gasteiger partial charge in [-0.15, -0.1) is 0 Å². The molecule has 1 aliphatic rings. The number of alkyl carbamates (subject to hydrolysis) is 1. The lowest BCUT2D eigenvalue weighted by Crippen LogP contribution is -2.47. The molecular formula is C23H23N5O6.